The van der Waals surface area contributed by atoms with E-state index in [-0.39, 0.29) is 0 Å². The average Bonchev–Trinajstić information content (AvgIpc) is 2.53. The van der Waals surface area contributed by atoms with E-state index in [4.69, 9.17) is 16.3 Å². The smallest absolute Gasteiger partial charge is 0.195 e. The lowest BCUT2D eigenvalue weighted by molar-refractivity contribution is -0.230. The molecular formula is C11H20O10. The molecule has 1 aliphatic heterocycles. The molecule has 1 heterocycles. The first-order valence-corrected chi connectivity index (χ1v) is 6.14. The van der Waals surface area contributed by atoms with Gasteiger partial charge in [0.25, 0.3) is 0 Å². The molecule has 0 saturated carbocycles. The summed E-state index contributed by atoms with van der Waals surface area (Å²) in [5.41, 5.74) is 0. The minimum Gasteiger partial charge on any atom is -0.394 e. The van der Waals surface area contributed by atoms with Gasteiger partial charge in [0.05, 0.1) is 14.6 Å². The molecule has 10 heteroatoms. The van der Waals surface area contributed by atoms with E-state index in [1.165, 1.54) is 0 Å². The topological polar surface area (TPSA) is 188 Å². The number of hydrogen-bond acceptors (Lipinski definition) is 10. The van der Waals surface area contributed by atoms with Crippen LogP contribution in [0.1, 0.15) is 1.37 Å². The Labute approximate surface area is 120 Å². The number of carbonyl (C=O) groups excluding carboxylic acids is 1. The van der Waals surface area contributed by atoms with Gasteiger partial charge in [0.2, 0.25) is 0 Å². The van der Waals surface area contributed by atoms with Crippen LogP contribution in [0.3, 0.4) is 0 Å². The van der Waals surface area contributed by atoms with Crippen molar-refractivity contribution in [2.75, 3.05) is 13.2 Å². The largest absolute Gasteiger partial charge is 0.394 e. The third-order valence-corrected chi connectivity index (χ3v) is 3.20. The van der Waals surface area contributed by atoms with Crippen molar-refractivity contribution in [3.8, 4) is 0 Å². The number of aliphatic hydroxyl groups excluding tert-OH is 8. The Morgan fingerprint density at radius 3 is 2.14 bits per heavy atom. The zero-order valence-corrected chi connectivity index (χ0v) is 10.8. The first-order valence-electron chi connectivity index (χ1n) is 6.64. The van der Waals surface area contributed by atoms with Gasteiger partial charge in [-0.3, -0.25) is 4.79 Å². The van der Waals surface area contributed by atoms with Gasteiger partial charge >= 0.3 is 0 Å². The molecular weight excluding hydrogens is 292 g/mol. The Kier molecular flexibility index (Phi) is 5.98. The number of rotatable bonds is 6. The van der Waals surface area contributed by atoms with Crippen LogP contribution in [-0.4, -0.2) is 109 Å². The Bertz CT molecular complexity index is 393. The molecule has 1 fully saturated rings. The Balaban J connectivity index is 3.02. The molecule has 8 N–H and O–H groups in total. The number of ketones is 1. The van der Waals surface area contributed by atoms with Crippen LogP contribution in [0.2, 0.25) is 0 Å². The number of aliphatic hydroxyl groups is 8. The van der Waals surface area contributed by atoms with Gasteiger partial charge in [0.1, 0.15) is 48.8 Å². The third-order valence-electron chi connectivity index (χ3n) is 3.20. The molecule has 0 spiro atoms. The fraction of sp³-hybridized carbons (Fsp3) is 0.909. The molecule has 0 bridgehead atoms. The molecule has 0 radical (unpaired) electrons. The molecule has 124 valence electrons. The molecule has 0 aliphatic carbocycles. The quantitative estimate of drug-likeness (QED) is 0.235. The zero-order chi connectivity index (χ0) is 17.2. The van der Waals surface area contributed by atoms with Crippen LogP contribution in [-0.2, 0) is 9.53 Å². The SMILES string of the molecule is [2H]C1(C(=O)[C@H](O)[C@@H](O)[C@H](O)CO)O[C@H](CO)[C@H](O)[C@H](O)[C@H]1O. The predicted octanol–water partition coefficient (Wildman–Crippen LogP) is -5.53. The molecule has 1 unspecified atom stereocenters. The Morgan fingerprint density at radius 2 is 1.67 bits per heavy atom. The Hall–Kier alpha value is -0.690. The number of hydrogen-bond donors (Lipinski definition) is 8. The van der Waals surface area contributed by atoms with Crippen molar-refractivity contribution in [2.24, 2.45) is 0 Å². The van der Waals surface area contributed by atoms with Crippen LogP contribution in [0.5, 0.6) is 0 Å². The zero-order valence-electron chi connectivity index (χ0n) is 11.8. The van der Waals surface area contributed by atoms with Crippen molar-refractivity contribution in [1.29, 1.82) is 0 Å². The monoisotopic (exact) mass is 313 g/mol. The normalized spacial score (nSPS) is 42.0. The van der Waals surface area contributed by atoms with Gasteiger partial charge < -0.3 is 45.6 Å². The fourth-order valence-corrected chi connectivity index (χ4v) is 1.83. The van der Waals surface area contributed by atoms with Crippen LogP contribution < -0.4 is 0 Å². The van der Waals surface area contributed by atoms with E-state index in [1.54, 1.807) is 0 Å². The van der Waals surface area contributed by atoms with Gasteiger partial charge in [-0.2, -0.15) is 0 Å². The summed E-state index contributed by atoms with van der Waals surface area (Å²) in [6.45, 7) is -1.88. The summed E-state index contributed by atoms with van der Waals surface area (Å²) in [5, 5.41) is 74.8. The summed E-state index contributed by atoms with van der Waals surface area (Å²) in [6.07, 6.45) is -17.2. The van der Waals surface area contributed by atoms with Gasteiger partial charge in [-0.15, -0.1) is 0 Å². The van der Waals surface area contributed by atoms with Crippen LogP contribution >= 0.6 is 0 Å². The lowest BCUT2D eigenvalue weighted by Crippen LogP contribution is -2.63. The predicted molar refractivity (Wildman–Crippen MR) is 63.9 cm³/mol. The van der Waals surface area contributed by atoms with Crippen molar-refractivity contribution in [1.82, 2.24) is 0 Å². The molecule has 0 aromatic rings. The van der Waals surface area contributed by atoms with Crippen molar-refractivity contribution in [2.45, 2.75) is 48.8 Å². The second-order valence-corrected chi connectivity index (χ2v) is 4.68. The highest BCUT2D eigenvalue weighted by Gasteiger charge is 2.48. The van der Waals surface area contributed by atoms with Crippen molar-refractivity contribution < 1.29 is 51.8 Å². The first-order chi connectivity index (χ1) is 10.1. The van der Waals surface area contributed by atoms with Gasteiger partial charge in [-0.1, -0.05) is 0 Å². The maximum absolute atomic E-state index is 12.1. The number of Topliss-reactive ketones (excluding diaryl/α,β-unsaturated/α-hetero) is 1. The van der Waals surface area contributed by atoms with Gasteiger partial charge in [-0.05, 0) is 0 Å². The van der Waals surface area contributed by atoms with Crippen LogP contribution in [0.25, 0.3) is 0 Å². The summed E-state index contributed by atoms with van der Waals surface area (Å²) in [4.78, 5) is 12.1. The number of carbonyl (C=O) groups is 1. The van der Waals surface area contributed by atoms with Crippen LogP contribution in [0.4, 0.5) is 0 Å². The minimum absolute atomic E-state index is 0.892. The molecule has 1 saturated heterocycles. The minimum atomic E-state index is -3.00. The van der Waals surface area contributed by atoms with Crippen LogP contribution in [0.15, 0.2) is 0 Å². The molecule has 8 atom stereocenters. The molecule has 1 aliphatic rings. The second-order valence-electron chi connectivity index (χ2n) is 4.68. The summed E-state index contributed by atoms with van der Waals surface area (Å²) >= 11 is 0. The van der Waals surface area contributed by atoms with Crippen molar-refractivity contribution in [3.05, 3.63) is 0 Å². The van der Waals surface area contributed by atoms with Gasteiger partial charge in [0.15, 0.2) is 5.78 Å². The third kappa shape index (κ3) is 3.74. The molecule has 1 rings (SSSR count). The maximum atomic E-state index is 12.1. The summed E-state index contributed by atoms with van der Waals surface area (Å²) < 4.78 is 12.5. The summed E-state index contributed by atoms with van der Waals surface area (Å²) in [6, 6.07) is 0. The summed E-state index contributed by atoms with van der Waals surface area (Å²) in [7, 11) is 0. The van der Waals surface area contributed by atoms with Crippen molar-refractivity contribution >= 4 is 5.78 Å². The maximum Gasteiger partial charge on any atom is 0.195 e. The lowest BCUT2D eigenvalue weighted by Gasteiger charge is -2.40. The number of ether oxygens (including phenoxy) is 1. The molecule has 21 heavy (non-hydrogen) atoms. The van der Waals surface area contributed by atoms with E-state index in [1.807, 2.05) is 0 Å². The average molecular weight is 313 g/mol. The highest BCUT2D eigenvalue weighted by atomic mass is 16.5. The molecule has 0 amide bonds. The molecule has 0 aromatic heterocycles. The van der Waals surface area contributed by atoms with E-state index >= 15 is 0 Å². The second kappa shape index (κ2) is 7.54. The van der Waals surface area contributed by atoms with E-state index < -0.39 is 67.8 Å². The Morgan fingerprint density at radius 1 is 1.10 bits per heavy atom. The highest BCUT2D eigenvalue weighted by molar-refractivity contribution is 5.88. The fourth-order valence-electron chi connectivity index (χ4n) is 1.83. The highest BCUT2D eigenvalue weighted by Crippen LogP contribution is 2.23. The van der Waals surface area contributed by atoms with Gasteiger partial charge in [0, 0.05) is 0 Å². The lowest BCUT2D eigenvalue weighted by atomic mass is 9.90. The van der Waals surface area contributed by atoms with Crippen molar-refractivity contribution in [3.63, 3.8) is 0 Å². The van der Waals surface area contributed by atoms with E-state index in [0.717, 1.165) is 0 Å². The van der Waals surface area contributed by atoms with Crippen LogP contribution in [0, 0.1) is 0 Å². The van der Waals surface area contributed by atoms with E-state index in [2.05, 4.69) is 0 Å². The van der Waals surface area contributed by atoms with E-state index in [9.17, 15) is 35.4 Å². The van der Waals surface area contributed by atoms with Gasteiger partial charge in [-0.25, -0.2) is 0 Å². The standard InChI is InChI=1S/C11H20O10/c12-1-3(14)5(15)7(17)9(19)11-10(20)8(18)6(16)4(2-13)21-11/h3-8,10-18,20H,1-2H2/t3-,4-,5+,6+,7-,8+,10-,11?/m1/s1/i11D. The molecule has 10 nitrogen and oxygen atoms in total. The van der Waals surface area contributed by atoms with E-state index in [0.29, 0.717) is 0 Å². The summed E-state index contributed by atoms with van der Waals surface area (Å²) in [5.74, 6) is -1.62. The first kappa shape index (κ1) is 16.7. The molecule has 0 aromatic carbocycles.